The zero-order valence-corrected chi connectivity index (χ0v) is 11.5. The number of hydrogen-bond acceptors (Lipinski definition) is 3. The molecule has 20 heavy (non-hydrogen) atoms. The van der Waals surface area contributed by atoms with Crippen molar-refractivity contribution < 1.29 is 18.7 Å². The topological polar surface area (TPSA) is 46.6 Å². The second-order valence-electron chi connectivity index (χ2n) is 4.93. The summed E-state index contributed by atoms with van der Waals surface area (Å²) in [4.78, 5) is 25.1. The van der Waals surface area contributed by atoms with Crippen LogP contribution in [0.1, 0.15) is 36.5 Å². The number of hydrogen-bond donors (Lipinski definition) is 0. The fourth-order valence-corrected chi connectivity index (χ4v) is 2.28. The number of Topliss-reactive ketones (excluding diaryl/α,β-unsaturated/α-hetero) is 1. The predicted octanol–water partition coefficient (Wildman–Crippen LogP) is 2.42. The van der Waals surface area contributed by atoms with E-state index in [9.17, 15) is 14.0 Å². The molecule has 1 saturated heterocycles. The molecule has 108 valence electrons. The molecule has 0 saturated carbocycles. The number of rotatable bonds is 4. The van der Waals surface area contributed by atoms with Crippen LogP contribution >= 0.6 is 0 Å². The Kier molecular flexibility index (Phi) is 4.71. The Morgan fingerprint density at radius 1 is 1.25 bits per heavy atom. The lowest BCUT2D eigenvalue weighted by molar-refractivity contribution is -0.134. The first-order chi connectivity index (χ1) is 9.58. The highest BCUT2D eigenvalue weighted by atomic mass is 19.1. The summed E-state index contributed by atoms with van der Waals surface area (Å²) in [6.45, 7) is 2.73. The average Bonchev–Trinajstić information content (AvgIpc) is 2.46. The number of benzene rings is 1. The number of carbonyl (C=O) groups excluding carboxylic acids is 2. The third-order valence-corrected chi connectivity index (χ3v) is 3.38. The van der Waals surface area contributed by atoms with Crippen molar-refractivity contribution in [1.29, 1.82) is 0 Å². The zero-order valence-electron chi connectivity index (χ0n) is 11.5. The third kappa shape index (κ3) is 3.56. The first kappa shape index (κ1) is 14.5. The van der Waals surface area contributed by atoms with Crippen molar-refractivity contribution in [2.75, 3.05) is 19.7 Å². The SMILES string of the molecule is CC(=O)c1cc(F)ccc1OCC(=O)N1CCCCC1. The molecule has 1 aromatic rings. The van der Waals surface area contributed by atoms with Gasteiger partial charge in [-0.1, -0.05) is 0 Å². The normalized spacial score (nSPS) is 15.0. The highest BCUT2D eigenvalue weighted by molar-refractivity contribution is 5.96. The van der Waals surface area contributed by atoms with Gasteiger partial charge < -0.3 is 9.64 Å². The maximum absolute atomic E-state index is 13.1. The molecule has 1 fully saturated rings. The van der Waals surface area contributed by atoms with Gasteiger partial charge in [0.1, 0.15) is 11.6 Å². The first-order valence-electron chi connectivity index (χ1n) is 6.79. The van der Waals surface area contributed by atoms with Gasteiger partial charge in [-0.2, -0.15) is 0 Å². The molecular weight excluding hydrogens is 261 g/mol. The number of halogens is 1. The molecule has 0 bridgehead atoms. The quantitative estimate of drug-likeness (QED) is 0.795. The second kappa shape index (κ2) is 6.50. The van der Waals surface area contributed by atoms with E-state index in [2.05, 4.69) is 0 Å². The van der Waals surface area contributed by atoms with Gasteiger partial charge in [-0.3, -0.25) is 9.59 Å². The molecule has 0 atom stereocenters. The minimum Gasteiger partial charge on any atom is -0.483 e. The maximum atomic E-state index is 13.1. The molecule has 0 aromatic heterocycles. The van der Waals surface area contributed by atoms with E-state index in [0.29, 0.717) is 0 Å². The molecule has 0 spiro atoms. The van der Waals surface area contributed by atoms with E-state index in [1.807, 2.05) is 0 Å². The van der Waals surface area contributed by atoms with Gasteiger partial charge in [-0.15, -0.1) is 0 Å². The summed E-state index contributed by atoms with van der Waals surface area (Å²) in [6, 6.07) is 3.73. The summed E-state index contributed by atoms with van der Waals surface area (Å²) < 4.78 is 18.5. The van der Waals surface area contributed by atoms with Crippen LogP contribution < -0.4 is 4.74 Å². The van der Waals surface area contributed by atoms with Crippen molar-refractivity contribution >= 4 is 11.7 Å². The molecule has 1 aliphatic heterocycles. The van der Waals surface area contributed by atoms with E-state index in [0.717, 1.165) is 38.4 Å². The summed E-state index contributed by atoms with van der Waals surface area (Å²) in [6.07, 6.45) is 3.18. The molecule has 0 radical (unpaired) electrons. The van der Waals surface area contributed by atoms with Crippen LogP contribution in [0.15, 0.2) is 18.2 Å². The molecule has 1 amide bonds. The Hall–Kier alpha value is -1.91. The third-order valence-electron chi connectivity index (χ3n) is 3.38. The Morgan fingerprint density at radius 2 is 1.95 bits per heavy atom. The lowest BCUT2D eigenvalue weighted by Gasteiger charge is -2.26. The molecule has 1 aromatic carbocycles. The van der Waals surface area contributed by atoms with Gasteiger partial charge in [-0.25, -0.2) is 4.39 Å². The van der Waals surface area contributed by atoms with Crippen LogP contribution in [-0.2, 0) is 4.79 Å². The van der Waals surface area contributed by atoms with Gasteiger partial charge in [0, 0.05) is 13.1 Å². The minimum atomic E-state index is -0.495. The van der Waals surface area contributed by atoms with Gasteiger partial charge in [0.2, 0.25) is 0 Å². The Balaban J connectivity index is 1.99. The van der Waals surface area contributed by atoms with Crippen LogP contribution in [0.4, 0.5) is 4.39 Å². The van der Waals surface area contributed by atoms with Crippen molar-refractivity contribution in [1.82, 2.24) is 4.90 Å². The lowest BCUT2D eigenvalue weighted by Crippen LogP contribution is -2.38. The van der Waals surface area contributed by atoms with E-state index in [4.69, 9.17) is 4.74 Å². The molecule has 0 N–H and O–H groups in total. The fraction of sp³-hybridized carbons (Fsp3) is 0.467. The highest BCUT2D eigenvalue weighted by Gasteiger charge is 2.18. The number of nitrogens with zero attached hydrogens (tertiary/aromatic N) is 1. The molecule has 0 unspecified atom stereocenters. The predicted molar refractivity (Wildman–Crippen MR) is 72.3 cm³/mol. The summed E-state index contributed by atoms with van der Waals surface area (Å²) in [5, 5.41) is 0. The van der Waals surface area contributed by atoms with Gasteiger partial charge in [0.05, 0.1) is 5.56 Å². The lowest BCUT2D eigenvalue weighted by atomic mass is 10.1. The minimum absolute atomic E-state index is 0.0940. The molecule has 2 rings (SSSR count). The van der Waals surface area contributed by atoms with Gasteiger partial charge >= 0.3 is 0 Å². The van der Waals surface area contributed by atoms with E-state index in [1.54, 1.807) is 4.90 Å². The van der Waals surface area contributed by atoms with Crippen molar-refractivity contribution in [3.05, 3.63) is 29.6 Å². The number of amides is 1. The van der Waals surface area contributed by atoms with E-state index >= 15 is 0 Å². The Labute approximate surface area is 117 Å². The number of ketones is 1. The van der Waals surface area contributed by atoms with Gasteiger partial charge in [-0.05, 0) is 44.4 Å². The second-order valence-corrected chi connectivity index (χ2v) is 4.93. The van der Waals surface area contributed by atoms with Crippen LogP contribution in [0.25, 0.3) is 0 Å². The van der Waals surface area contributed by atoms with Crippen LogP contribution in [0, 0.1) is 5.82 Å². The van der Waals surface area contributed by atoms with Crippen molar-refractivity contribution in [3.63, 3.8) is 0 Å². The average molecular weight is 279 g/mol. The van der Waals surface area contributed by atoms with Crippen LogP contribution in [0.3, 0.4) is 0 Å². The number of ether oxygens (including phenoxy) is 1. The zero-order chi connectivity index (χ0) is 14.5. The van der Waals surface area contributed by atoms with Crippen molar-refractivity contribution in [2.45, 2.75) is 26.2 Å². The van der Waals surface area contributed by atoms with E-state index < -0.39 is 5.82 Å². The fourth-order valence-electron chi connectivity index (χ4n) is 2.28. The van der Waals surface area contributed by atoms with Crippen LogP contribution in [0.5, 0.6) is 5.75 Å². The molecule has 5 heteroatoms. The maximum Gasteiger partial charge on any atom is 0.260 e. The van der Waals surface area contributed by atoms with Crippen LogP contribution in [-0.4, -0.2) is 36.3 Å². The van der Waals surface area contributed by atoms with Crippen molar-refractivity contribution in [2.24, 2.45) is 0 Å². The van der Waals surface area contributed by atoms with Crippen molar-refractivity contribution in [3.8, 4) is 5.75 Å². The largest absolute Gasteiger partial charge is 0.483 e. The summed E-state index contributed by atoms with van der Waals surface area (Å²) in [5.74, 6) is -0.623. The number of likely N-dealkylation sites (tertiary alicyclic amines) is 1. The molecule has 4 nitrogen and oxygen atoms in total. The summed E-state index contributed by atoms with van der Waals surface area (Å²) in [7, 11) is 0. The molecular formula is C15H18FNO3. The molecule has 1 heterocycles. The number of carbonyl (C=O) groups is 2. The summed E-state index contributed by atoms with van der Waals surface area (Å²) in [5.41, 5.74) is 0.163. The monoisotopic (exact) mass is 279 g/mol. The van der Waals surface area contributed by atoms with Crippen LogP contribution in [0.2, 0.25) is 0 Å². The van der Waals surface area contributed by atoms with Gasteiger partial charge in [0.15, 0.2) is 12.4 Å². The summed E-state index contributed by atoms with van der Waals surface area (Å²) >= 11 is 0. The molecule has 1 aliphatic rings. The Morgan fingerprint density at radius 3 is 2.60 bits per heavy atom. The highest BCUT2D eigenvalue weighted by Crippen LogP contribution is 2.20. The first-order valence-corrected chi connectivity index (χ1v) is 6.79. The standard InChI is InChI=1S/C15H18FNO3/c1-11(18)13-9-12(16)5-6-14(13)20-10-15(19)17-7-3-2-4-8-17/h5-6,9H,2-4,7-8,10H2,1H3. The van der Waals surface area contributed by atoms with E-state index in [1.165, 1.54) is 19.1 Å². The molecule has 0 aliphatic carbocycles. The Bertz CT molecular complexity index is 510. The van der Waals surface area contributed by atoms with Gasteiger partial charge in [0.25, 0.3) is 5.91 Å². The smallest absolute Gasteiger partial charge is 0.260 e. The number of piperidine rings is 1. The van der Waals surface area contributed by atoms with E-state index in [-0.39, 0.29) is 29.6 Å².